The number of amides is 2. The van der Waals surface area contributed by atoms with Crippen LogP contribution in [0.25, 0.3) is 0 Å². The van der Waals surface area contributed by atoms with E-state index in [1.54, 1.807) is 24.3 Å². The molecule has 2 aliphatic carbocycles. The number of nitrogens with one attached hydrogen (secondary N) is 2. The van der Waals surface area contributed by atoms with Gasteiger partial charge in [-0.05, 0) is 107 Å². The SMILES string of the molecule is O=C(Cc1ccc(F)cc1F)c1cc(NC(=O)[C@@H]2[C@@H](c3cc(Cl)cc(Cl)c3)C2(Cl)Cl)ccc1F.O=C(Cc1ccc(F)cc1F)c1cc(NC(=O)[C@H]2[C@H](c3cc(Cl)cc(Cl)c3)C2(Cl)Cl)ccc1F. The maximum absolute atomic E-state index is 14.3. The second kappa shape index (κ2) is 20.5. The molecule has 2 saturated carbocycles. The lowest BCUT2D eigenvalue weighted by molar-refractivity contribution is -0.118. The van der Waals surface area contributed by atoms with Crippen LogP contribution in [0, 0.1) is 46.7 Å². The van der Waals surface area contributed by atoms with Crippen LogP contribution in [0.1, 0.15) is 54.8 Å². The fourth-order valence-corrected chi connectivity index (χ4v) is 10.3. The number of anilines is 2. The molecule has 2 amide bonds. The Morgan fingerprint density at radius 2 is 0.779 bits per heavy atom. The number of ketones is 2. The van der Waals surface area contributed by atoms with Gasteiger partial charge in [0.05, 0.1) is 23.0 Å². The molecular weight excluding hydrogens is 1070 g/mol. The van der Waals surface area contributed by atoms with E-state index in [1.165, 1.54) is 24.3 Å². The topological polar surface area (TPSA) is 92.3 Å². The van der Waals surface area contributed by atoms with Crippen molar-refractivity contribution in [3.63, 3.8) is 0 Å². The van der Waals surface area contributed by atoms with E-state index in [4.69, 9.17) is 92.8 Å². The van der Waals surface area contributed by atoms with Gasteiger partial charge >= 0.3 is 0 Å². The average Bonchev–Trinajstić information content (AvgIpc) is 4.06. The molecule has 0 saturated heterocycles. The number of carbonyl (C=O) groups excluding carboxylic acids is 4. The molecule has 0 aromatic heterocycles. The van der Waals surface area contributed by atoms with Crippen LogP contribution in [0.5, 0.6) is 0 Å². The van der Waals surface area contributed by atoms with E-state index in [1.807, 2.05) is 0 Å². The molecule has 4 atom stereocenters. The lowest BCUT2D eigenvalue weighted by Crippen LogP contribution is -2.18. The van der Waals surface area contributed by atoms with Gasteiger partial charge in [0.15, 0.2) is 11.6 Å². The van der Waals surface area contributed by atoms with Gasteiger partial charge in [-0.1, -0.05) is 58.5 Å². The fourth-order valence-electron chi connectivity index (χ4n) is 7.58. The minimum atomic E-state index is -1.42. The van der Waals surface area contributed by atoms with Crippen LogP contribution in [0.3, 0.4) is 0 Å². The monoisotopic (exact) mass is 1090 g/mol. The van der Waals surface area contributed by atoms with Crippen LogP contribution in [-0.4, -0.2) is 32.0 Å². The van der Waals surface area contributed by atoms with Crippen LogP contribution in [-0.2, 0) is 22.4 Å². The number of Topliss-reactive ketones (excluding diaryl/α,β-unsaturated/α-hetero) is 2. The van der Waals surface area contributed by atoms with Crippen molar-refractivity contribution in [3.8, 4) is 0 Å². The summed E-state index contributed by atoms with van der Waals surface area (Å²) >= 11 is 49.5. The summed E-state index contributed by atoms with van der Waals surface area (Å²) < 4.78 is 79.8. The Morgan fingerprint density at radius 3 is 1.10 bits per heavy atom. The summed E-state index contributed by atoms with van der Waals surface area (Å²) in [6, 6.07) is 21.8. The third-order valence-electron chi connectivity index (χ3n) is 11.0. The van der Waals surface area contributed by atoms with Gasteiger partial charge in [-0.2, -0.15) is 0 Å². The maximum Gasteiger partial charge on any atom is 0.231 e. The summed E-state index contributed by atoms with van der Waals surface area (Å²) in [6.07, 6.45) is -0.986. The van der Waals surface area contributed by atoms with E-state index in [-0.39, 0.29) is 33.6 Å². The second-order valence-electron chi connectivity index (χ2n) is 15.7. The van der Waals surface area contributed by atoms with Gasteiger partial charge in [-0.3, -0.25) is 19.2 Å². The van der Waals surface area contributed by atoms with Gasteiger partial charge < -0.3 is 10.6 Å². The first kappa shape index (κ1) is 51.4. The Morgan fingerprint density at radius 1 is 0.441 bits per heavy atom. The zero-order valence-electron chi connectivity index (χ0n) is 34.0. The van der Waals surface area contributed by atoms with E-state index in [2.05, 4.69) is 10.6 Å². The zero-order valence-corrected chi connectivity index (χ0v) is 40.1. The lowest BCUT2D eigenvalue weighted by Gasteiger charge is -2.09. The molecule has 68 heavy (non-hydrogen) atoms. The molecule has 0 aliphatic heterocycles. The number of hydrogen-bond donors (Lipinski definition) is 2. The normalized spacial score (nSPS) is 18.4. The van der Waals surface area contributed by atoms with Gasteiger partial charge in [-0.15, -0.1) is 46.4 Å². The molecule has 8 rings (SSSR count). The molecule has 2 fully saturated rings. The Hall–Kier alpha value is -4.50. The highest BCUT2D eigenvalue weighted by Gasteiger charge is 2.68. The molecule has 0 unspecified atom stereocenters. The van der Waals surface area contributed by atoms with Crippen molar-refractivity contribution < 1.29 is 45.5 Å². The van der Waals surface area contributed by atoms with Crippen LogP contribution >= 0.6 is 92.8 Å². The molecule has 6 aromatic carbocycles. The Kier molecular flexibility index (Phi) is 15.4. The number of rotatable bonds is 12. The van der Waals surface area contributed by atoms with Gasteiger partial charge in [0.25, 0.3) is 0 Å². The summed E-state index contributed by atoms with van der Waals surface area (Å²) in [7, 11) is 0. The Balaban J connectivity index is 0.000000201. The average molecular weight is 1090 g/mol. The number of halogens is 14. The maximum atomic E-state index is 14.3. The summed E-state index contributed by atoms with van der Waals surface area (Å²) in [4.78, 5) is 50.9. The summed E-state index contributed by atoms with van der Waals surface area (Å²) in [5, 5.41) is 6.59. The molecule has 20 heteroatoms. The summed E-state index contributed by atoms with van der Waals surface area (Å²) in [5.74, 6) is -10.6. The number of alkyl halides is 4. The van der Waals surface area contributed by atoms with Crippen molar-refractivity contribution in [1.29, 1.82) is 0 Å². The predicted molar refractivity (Wildman–Crippen MR) is 253 cm³/mol. The molecule has 0 radical (unpaired) electrons. The number of benzene rings is 6. The van der Waals surface area contributed by atoms with Gasteiger partial charge in [0, 0.05) is 68.3 Å². The third-order valence-corrected chi connectivity index (χ3v) is 13.7. The molecular formula is C48H28Cl8F6N2O4. The Labute approximate surface area is 423 Å². The van der Waals surface area contributed by atoms with Crippen molar-refractivity contribution in [1.82, 2.24) is 0 Å². The van der Waals surface area contributed by atoms with Crippen LogP contribution in [0.2, 0.25) is 20.1 Å². The predicted octanol–water partition coefficient (Wildman–Crippen LogP) is 14.7. The highest BCUT2D eigenvalue weighted by Crippen LogP contribution is 2.66. The first-order valence-corrected chi connectivity index (χ1v) is 22.8. The highest BCUT2D eigenvalue weighted by atomic mass is 35.5. The molecule has 0 heterocycles. The van der Waals surface area contributed by atoms with Gasteiger partial charge in [0.1, 0.15) is 43.6 Å². The molecule has 0 spiro atoms. The number of hydrogen-bond acceptors (Lipinski definition) is 4. The van der Waals surface area contributed by atoms with Crippen LogP contribution in [0.4, 0.5) is 37.7 Å². The summed E-state index contributed by atoms with van der Waals surface area (Å²) in [6.45, 7) is 0. The summed E-state index contributed by atoms with van der Waals surface area (Å²) in [5.41, 5.74) is 0.502. The van der Waals surface area contributed by atoms with Gasteiger partial charge in [0.2, 0.25) is 11.8 Å². The first-order chi connectivity index (χ1) is 31.9. The molecule has 6 aromatic rings. The zero-order chi connectivity index (χ0) is 49.6. The molecule has 2 N–H and O–H groups in total. The van der Waals surface area contributed by atoms with Crippen LogP contribution < -0.4 is 10.6 Å². The van der Waals surface area contributed by atoms with Crippen molar-refractivity contribution in [2.45, 2.75) is 33.3 Å². The van der Waals surface area contributed by atoms with E-state index >= 15 is 0 Å². The lowest BCUT2D eigenvalue weighted by atomic mass is 10.0. The first-order valence-electron chi connectivity index (χ1n) is 19.8. The second-order valence-corrected chi connectivity index (χ2v) is 20.3. The standard InChI is InChI=1S/2C24H14Cl4F3NO2/c2*25-13-5-12(6-14(26)8-13)21-22(24(21,27)28)23(34)32-16-3-4-18(30)17(10-16)20(33)7-11-1-2-15(29)9-19(11)31/h2*1-6,8-10,21-22H,7H2,(H,32,34)/t2*21-,22+/m10/s1. The van der Waals surface area contributed by atoms with E-state index < -0.39 is 103 Å². The van der Waals surface area contributed by atoms with Crippen LogP contribution in [0.15, 0.2) is 109 Å². The van der Waals surface area contributed by atoms with E-state index in [0.717, 1.165) is 48.5 Å². The molecule has 6 nitrogen and oxygen atoms in total. The van der Waals surface area contributed by atoms with Crippen molar-refractivity contribution in [2.75, 3.05) is 10.6 Å². The highest BCUT2D eigenvalue weighted by molar-refractivity contribution is 6.54. The quantitative estimate of drug-likeness (QED) is 0.0725. The Bertz CT molecular complexity index is 2790. The molecule has 352 valence electrons. The van der Waals surface area contributed by atoms with E-state index in [9.17, 15) is 45.5 Å². The minimum absolute atomic E-state index is 0.0877. The number of carbonyl (C=O) groups is 4. The van der Waals surface area contributed by atoms with E-state index in [0.29, 0.717) is 43.4 Å². The fraction of sp³-hybridized carbons (Fsp3) is 0.167. The smallest absolute Gasteiger partial charge is 0.231 e. The molecule has 0 bridgehead atoms. The van der Waals surface area contributed by atoms with Crippen molar-refractivity contribution in [2.24, 2.45) is 11.8 Å². The minimum Gasteiger partial charge on any atom is -0.326 e. The van der Waals surface area contributed by atoms with Crippen molar-refractivity contribution in [3.05, 3.63) is 198 Å². The third kappa shape index (κ3) is 11.6. The van der Waals surface area contributed by atoms with Gasteiger partial charge in [-0.25, -0.2) is 26.3 Å². The molecule has 2 aliphatic rings. The largest absolute Gasteiger partial charge is 0.326 e. The van der Waals surface area contributed by atoms with Crippen molar-refractivity contribution >= 4 is 128 Å².